The number of fused-ring (bicyclic) bond motifs is 1. The molecule has 5 rings (SSSR count). The van der Waals surface area contributed by atoms with Gasteiger partial charge in [-0.1, -0.05) is 18.2 Å². The van der Waals surface area contributed by atoms with Crippen LogP contribution in [0.1, 0.15) is 18.4 Å². The van der Waals surface area contributed by atoms with Crippen molar-refractivity contribution >= 4 is 9.84 Å². The molecule has 3 fully saturated rings. The topological polar surface area (TPSA) is 58.4 Å². The summed E-state index contributed by atoms with van der Waals surface area (Å²) >= 11 is 0. The summed E-state index contributed by atoms with van der Waals surface area (Å²) in [5.41, 5.74) is 2.18. The van der Waals surface area contributed by atoms with Gasteiger partial charge >= 0.3 is 0 Å². The van der Waals surface area contributed by atoms with Crippen LogP contribution in [0.3, 0.4) is 0 Å². The second-order valence-electron chi connectivity index (χ2n) is 8.25. The molecule has 2 aromatic rings. The number of piperazine rings is 1. The molecule has 0 unspecified atom stereocenters. The first kappa shape index (κ1) is 17.4. The van der Waals surface area contributed by atoms with E-state index < -0.39 is 9.84 Å². The highest BCUT2D eigenvalue weighted by atomic mass is 32.2. The van der Waals surface area contributed by atoms with E-state index in [1.807, 2.05) is 41.2 Å². The zero-order valence-corrected chi connectivity index (χ0v) is 16.3. The molecule has 6 nitrogen and oxygen atoms in total. The minimum absolute atomic E-state index is 0.113. The van der Waals surface area contributed by atoms with Gasteiger partial charge in [0.15, 0.2) is 9.84 Å². The first-order valence-electron chi connectivity index (χ1n) is 9.85. The number of sulfone groups is 1. The summed E-state index contributed by atoms with van der Waals surface area (Å²) in [6, 6.07) is 10.3. The lowest BCUT2D eigenvalue weighted by Gasteiger charge is -2.44. The second kappa shape index (κ2) is 6.72. The van der Waals surface area contributed by atoms with Crippen molar-refractivity contribution in [1.82, 2.24) is 19.6 Å². The summed E-state index contributed by atoms with van der Waals surface area (Å²) in [5.74, 6) is 1.42. The molecule has 0 amide bonds. The highest BCUT2D eigenvalue weighted by molar-refractivity contribution is 7.91. The van der Waals surface area contributed by atoms with E-state index in [0.29, 0.717) is 11.5 Å². The van der Waals surface area contributed by atoms with Crippen molar-refractivity contribution in [1.29, 1.82) is 0 Å². The van der Waals surface area contributed by atoms with Crippen molar-refractivity contribution < 1.29 is 8.42 Å². The Hall–Kier alpha value is -1.70. The van der Waals surface area contributed by atoms with Gasteiger partial charge in [0.25, 0.3) is 0 Å². The van der Waals surface area contributed by atoms with Crippen LogP contribution in [0.2, 0.25) is 0 Å². The molecule has 1 aliphatic carbocycles. The van der Waals surface area contributed by atoms with Crippen LogP contribution in [0.25, 0.3) is 5.69 Å². The third-order valence-electron chi connectivity index (χ3n) is 6.14. The number of aromatic nitrogens is 2. The van der Waals surface area contributed by atoms with Crippen molar-refractivity contribution in [3.8, 4) is 5.69 Å². The predicted molar refractivity (Wildman–Crippen MR) is 105 cm³/mol. The van der Waals surface area contributed by atoms with E-state index >= 15 is 0 Å². The summed E-state index contributed by atoms with van der Waals surface area (Å²) in [6.07, 6.45) is 6.58. The van der Waals surface area contributed by atoms with E-state index in [4.69, 9.17) is 0 Å². The molecule has 0 N–H and O–H groups in total. The molecule has 27 heavy (non-hydrogen) atoms. The van der Waals surface area contributed by atoms with Crippen LogP contribution in [-0.4, -0.2) is 71.2 Å². The number of rotatable bonds is 5. The zero-order chi connectivity index (χ0) is 18.4. The van der Waals surface area contributed by atoms with Crippen LogP contribution in [0.4, 0.5) is 0 Å². The number of hydrogen-bond donors (Lipinski definition) is 0. The second-order valence-corrected chi connectivity index (χ2v) is 10.4. The summed E-state index contributed by atoms with van der Waals surface area (Å²) in [4.78, 5) is 4.82. The molecule has 2 atom stereocenters. The molecule has 7 heteroatoms. The minimum Gasteiger partial charge on any atom is -0.296 e. The Kier molecular flexibility index (Phi) is 4.33. The highest BCUT2D eigenvalue weighted by Gasteiger charge is 2.47. The molecule has 1 aromatic carbocycles. The zero-order valence-electron chi connectivity index (χ0n) is 15.4. The van der Waals surface area contributed by atoms with Gasteiger partial charge in [-0.3, -0.25) is 9.80 Å². The predicted octanol–water partition coefficient (Wildman–Crippen LogP) is 1.57. The average Bonchev–Trinajstić information content (AvgIpc) is 3.23. The van der Waals surface area contributed by atoms with E-state index in [1.165, 1.54) is 12.8 Å². The van der Waals surface area contributed by atoms with Gasteiger partial charge in [0, 0.05) is 50.0 Å². The maximum atomic E-state index is 12.4. The largest absolute Gasteiger partial charge is 0.296 e. The first-order valence-corrected chi connectivity index (χ1v) is 11.7. The fraction of sp³-hybridized carbons (Fsp3) is 0.550. The van der Waals surface area contributed by atoms with Crippen molar-refractivity contribution in [3.05, 3.63) is 48.3 Å². The van der Waals surface area contributed by atoms with E-state index in [-0.39, 0.29) is 12.1 Å². The van der Waals surface area contributed by atoms with Gasteiger partial charge in [0.05, 0.1) is 23.4 Å². The van der Waals surface area contributed by atoms with Gasteiger partial charge in [-0.25, -0.2) is 13.1 Å². The van der Waals surface area contributed by atoms with Crippen LogP contribution in [-0.2, 0) is 16.4 Å². The van der Waals surface area contributed by atoms with Crippen LogP contribution in [0.5, 0.6) is 0 Å². The molecule has 1 aromatic heterocycles. The average molecular weight is 387 g/mol. The smallest absolute Gasteiger partial charge is 0.153 e. The van der Waals surface area contributed by atoms with E-state index in [9.17, 15) is 8.42 Å². The van der Waals surface area contributed by atoms with E-state index in [0.717, 1.165) is 43.3 Å². The lowest BCUT2D eigenvalue weighted by Crippen LogP contribution is -2.59. The maximum Gasteiger partial charge on any atom is 0.153 e. The quantitative estimate of drug-likeness (QED) is 0.781. The Balaban J connectivity index is 1.32. The number of nitrogens with zero attached hydrogens (tertiary/aromatic N) is 4. The van der Waals surface area contributed by atoms with Crippen LogP contribution < -0.4 is 0 Å². The minimum atomic E-state index is -2.94. The SMILES string of the molecule is O=S1(=O)C[C@@H]2[C@H](C1)N(CC1CC1)CCN2Cc1cnn(-c2ccccc2)c1. The lowest BCUT2D eigenvalue weighted by atomic mass is 10.0. The molecule has 3 heterocycles. The number of benzene rings is 1. The molecule has 0 bridgehead atoms. The Morgan fingerprint density at radius 3 is 2.44 bits per heavy atom. The van der Waals surface area contributed by atoms with Crippen molar-refractivity contribution in [2.24, 2.45) is 5.92 Å². The molecular formula is C20H26N4O2S. The first-order chi connectivity index (χ1) is 13.1. The highest BCUT2D eigenvalue weighted by Crippen LogP contribution is 2.34. The Bertz CT molecular complexity index is 907. The Labute approximate surface area is 160 Å². The summed E-state index contributed by atoms with van der Waals surface area (Å²) in [5, 5.41) is 4.49. The monoisotopic (exact) mass is 386 g/mol. The molecule has 1 saturated carbocycles. The van der Waals surface area contributed by atoms with Crippen LogP contribution >= 0.6 is 0 Å². The summed E-state index contributed by atoms with van der Waals surface area (Å²) in [7, 11) is -2.94. The summed E-state index contributed by atoms with van der Waals surface area (Å²) in [6.45, 7) is 3.75. The van der Waals surface area contributed by atoms with E-state index in [1.54, 1.807) is 0 Å². The molecule has 0 spiro atoms. The van der Waals surface area contributed by atoms with Crippen molar-refractivity contribution in [3.63, 3.8) is 0 Å². The molecule has 2 saturated heterocycles. The third-order valence-corrected chi connectivity index (χ3v) is 7.84. The molecule has 0 radical (unpaired) electrons. The Morgan fingerprint density at radius 1 is 1.00 bits per heavy atom. The fourth-order valence-electron chi connectivity index (χ4n) is 4.55. The van der Waals surface area contributed by atoms with Gasteiger partial charge in [-0.2, -0.15) is 5.10 Å². The van der Waals surface area contributed by atoms with Gasteiger partial charge in [-0.05, 0) is 30.9 Å². The molecular weight excluding hydrogens is 360 g/mol. The van der Waals surface area contributed by atoms with Gasteiger partial charge in [0.2, 0.25) is 0 Å². The van der Waals surface area contributed by atoms with Crippen molar-refractivity contribution in [2.45, 2.75) is 31.5 Å². The Morgan fingerprint density at radius 2 is 1.70 bits per heavy atom. The van der Waals surface area contributed by atoms with Crippen LogP contribution in [0.15, 0.2) is 42.7 Å². The summed E-state index contributed by atoms with van der Waals surface area (Å²) < 4.78 is 26.6. The number of hydrogen-bond acceptors (Lipinski definition) is 5. The molecule has 2 aliphatic heterocycles. The van der Waals surface area contributed by atoms with Gasteiger partial charge in [-0.15, -0.1) is 0 Å². The molecule has 144 valence electrons. The van der Waals surface area contributed by atoms with Crippen LogP contribution in [0, 0.1) is 5.92 Å². The maximum absolute atomic E-state index is 12.4. The van der Waals surface area contributed by atoms with Crippen molar-refractivity contribution in [2.75, 3.05) is 31.1 Å². The fourth-order valence-corrected chi connectivity index (χ4v) is 6.59. The lowest BCUT2D eigenvalue weighted by molar-refractivity contribution is 0.0376. The van der Waals surface area contributed by atoms with Gasteiger partial charge < -0.3 is 0 Å². The standard InChI is InChI=1S/C20H26N4O2S/c25-27(26)14-19-20(15-27)23(9-8-22(19)11-16-6-7-16)12-17-10-21-24(13-17)18-4-2-1-3-5-18/h1-5,10,13,16,19-20H,6-9,11-12,14-15H2/t19-,20+/m0/s1. The number of para-hydroxylation sites is 1. The normalized spacial score (nSPS) is 28.3. The van der Waals surface area contributed by atoms with Gasteiger partial charge in [0.1, 0.15) is 0 Å². The van der Waals surface area contributed by atoms with E-state index in [2.05, 4.69) is 21.1 Å². The third kappa shape index (κ3) is 3.68. The molecule has 3 aliphatic rings.